The molecule has 0 saturated carbocycles. The van der Waals surface area contributed by atoms with Gasteiger partial charge in [-0.2, -0.15) is 0 Å². The van der Waals surface area contributed by atoms with Crippen molar-refractivity contribution in [1.82, 2.24) is 0 Å². The summed E-state index contributed by atoms with van der Waals surface area (Å²) in [7, 11) is 0. The Bertz CT molecular complexity index is 666. The molecule has 0 atom stereocenters. The molecule has 24 heavy (non-hydrogen) atoms. The zero-order valence-corrected chi connectivity index (χ0v) is 13.8. The van der Waals surface area contributed by atoms with Gasteiger partial charge in [-0.3, -0.25) is 5.32 Å². The summed E-state index contributed by atoms with van der Waals surface area (Å²) in [6.45, 7) is 4.50. The number of carbonyl (C=O) groups is 2. The van der Waals surface area contributed by atoms with Crippen molar-refractivity contribution in [3.8, 4) is 0 Å². The molecule has 2 aromatic carbocycles. The van der Waals surface area contributed by atoms with Gasteiger partial charge in [-0.05, 0) is 35.7 Å². The number of rotatable bonds is 6. The smallest absolute Gasteiger partial charge is 0.411 e. The van der Waals surface area contributed by atoms with E-state index in [0.717, 1.165) is 5.56 Å². The van der Waals surface area contributed by atoms with E-state index in [-0.39, 0.29) is 12.5 Å². The Labute approximate surface area is 141 Å². The van der Waals surface area contributed by atoms with Gasteiger partial charge in [0.1, 0.15) is 6.61 Å². The normalized spacial score (nSPS) is 10.3. The summed E-state index contributed by atoms with van der Waals surface area (Å²) in [6, 6.07) is 15.9. The molecule has 0 heterocycles. The molecule has 1 N–H and O–H groups in total. The summed E-state index contributed by atoms with van der Waals surface area (Å²) in [5.41, 5.74) is 1.91. The van der Waals surface area contributed by atoms with Crippen LogP contribution in [0.3, 0.4) is 0 Å². The highest BCUT2D eigenvalue weighted by Gasteiger charge is 2.09. The average Bonchev–Trinajstić information content (AvgIpc) is 2.59. The van der Waals surface area contributed by atoms with Gasteiger partial charge in [-0.15, -0.1) is 0 Å². The van der Waals surface area contributed by atoms with Gasteiger partial charge in [-0.25, -0.2) is 9.59 Å². The van der Waals surface area contributed by atoms with E-state index in [1.54, 1.807) is 24.3 Å². The molecule has 0 aliphatic heterocycles. The first kappa shape index (κ1) is 17.5. The minimum absolute atomic E-state index is 0.223. The third kappa shape index (κ3) is 5.76. The van der Waals surface area contributed by atoms with Crippen LogP contribution in [0.4, 0.5) is 10.5 Å². The zero-order valence-electron chi connectivity index (χ0n) is 13.8. The van der Waals surface area contributed by atoms with Gasteiger partial charge in [0.2, 0.25) is 0 Å². The van der Waals surface area contributed by atoms with Crippen molar-refractivity contribution in [2.75, 3.05) is 11.9 Å². The van der Waals surface area contributed by atoms with Crippen molar-refractivity contribution in [3.63, 3.8) is 0 Å². The molecule has 0 unspecified atom stereocenters. The van der Waals surface area contributed by atoms with Gasteiger partial charge >= 0.3 is 12.1 Å². The monoisotopic (exact) mass is 327 g/mol. The molecule has 0 aromatic heterocycles. The molecule has 0 radical (unpaired) electrons. The summed E-state index contributed by atoms with van der Waals surface area (Å²) >= 11 is 0. The van der Waals surface area contributed by atoms with E-state index < -0.39 is 12.1 Å². The van der Waals surface area contributed by atoms with Gasteiger partial charge in [0.15, 0.2) is 0 Å². The molecule has 0 aliphatic carbocycles. The van der Waals surface area contributed by atoms with Gasteiger partial charge in [0.05, 0.1) is 12.2 Å². The highest BCUT2D eigenvalue weighted by Crippen LogP contribution is 2.12. The van der Waals surface area contributed by atoms with Gasteiger partial charge in [0.25, 0.3) is 0 Å². The highest BCUT2D eigenvalue weighted by molar-refractivity contribution is 5.91. The molecule has 126 valence electrons. The number of nitrogens with one attached hydrogen (secondary N) is 1. The van der Waals surface area contributed by atoms with Crippen LogP contribution in [0.15, 0.2) is 54.6 Å². The number of benzene rings is 2. The molecular formula is C19H21NO4. The quantitative estimate of drug-likeness (QED) is 0.806. The Morgan fingerprint density at radius 2 is 1.62 bits per heavy atom. The van der Waals surface area contributed by atoms with Crippen molar-refractivity contribution in [3.05, 3.63) is 65.7 Å². The van der Waals surface area contributed by atoms with Crippen LogP contribution in [0, 0.1) is 5.92 Å². The molecule has 5 nitrogen and oxygen atoms in total. The fraction of sp³-hybridized carbons (Fsp3) is 0.263. The molecule has 0 spiro atoms. The second-order valence-electron chi connectivity index (χ2n) is 5.76. The van der Waals surface area contributed by atoms with Crippen LogP contribution in [0.25, 0.3) is 0 Å². The Morgan fingerprint density at radius 1 is 0.958 bits per heavy atom. The van der Waals surface area contributed by atoms with E-state index in [1.807, 2.05) is 44.2 Å². The summed E-state index contributed by atoms with van der Waals surface area (Å²) in [5.74, 6) is -0.134. The maximum absolute atomic E-state index is 12.0. The molecule has 2 rings (SSSR count). The maximum Gasteiger partial charge on any atom is 0.411 e. The maximum atomic E-state index is 12.0. The minimum Gasteiger partial charge on any atom is -0.457 e. The molecule has 0 aliphatic rings. The Hall–Kier alpha value is -2.82. The number of anilines is 1. The fourth-order valence-corrected chi connectivity index (χ4v) is 1.89. The van der Waals surface area contributed by atoms with E-state index >= 15 is 0 Å². The van der Waals surface area contributed by atoms with E-state index in [1.165, 1.54) is 0 Å². The van der Waals surface area contributed by atoms with Crippen molar-refractivity contribution in [2.45, 2.75) is 20.5 Å². The number of amides is 1. The topological polar surface area (TPSA) is 64.6 Å². The van der Waals surface area contributed by atoms with Crippen molar-refractivity contribution in [2.24, 2.45) is 5.92 Å². The third-order valence-electron chi connectivity index (χ3n) is 3.13. The van der Waals surface area contributed by atoms with E-state index in [2.05, 4.69) is 5.32 Å². The lowest BCUT2D eigenvalue weighted by Crippen LogP contribution is -2.16. The first-order chi connectivity index (χ1) is 11.5. The second-order valence-corrected chi connectivity index (χ2v) is 5.76. The molecular weight excluding hydrogens is 306 g/mol. The van der Waals surface area contributed by atoms with Gasteiger partial charge in [-0.1, -0.05) is 44.2 Å². The summed E-state index contributed by atoms with van der Waals surface area (Å²) in [6.07, 6.45) is -0.511. The predicted octanol–water partition coefficient (Wildman–Crippen LogP) is 4.25. The van der Waals surface area contributed by atoms with Gasteiger partial charge in [0, 0.05) is 5.69 Å². The lowest BCUT2D eigenvalue weighted by molar-refractivity contribution is 0.0472. The molecule has 0 fully saturated rings. The summed E-state index contributed by atoms with van der Waals surface area (Å²) in [4.78, 5) is 23.6. The molecule has 1 amide bonds. The van der Waals surface area contributed by atoms with Crippen molar-refractivity contribution < 1.29 is 19.1 Å². The van der Waals surface area contributed by atoms with Crippen LogP contribution < -0.4 is 5.32 Å². The van der Waals surface area contributed by atoms with Crippen LogP contribution in [0.5, 0.6) is 0 Å². The SMILES string of the molecule is CC(C)COC(=O)Nc1ccc(C(=O)OCc2ccccc2)cc1. The standard InChI is InChI=1S/C19H21NO4/c1-14(2)12-24-19(22)20-17-10-8-16(9-11-17)18(21)23-13-15-6-4-3-5-7-15/h3-11,14H,12-13H2,1-2H3,(H,20,22). The lowest BCUT2D eigenvalue weighted by atomic mass is 10.2. The third-order valence-corrected chi connectivity index (χ3v) is 3.13. The Balaban J connectivity index is 1.84. The van der Waals surface area contributed by atoms with Crippen molar-refractivity contribution in [1.29, 1.82) is 0 Å². The van der Waals surface area contributed by atoms with Crippen LogP contribution in [0.2, 0.25) is 0 Å². The molecule has 0 saturated heterocycles. The van der Waals surface area contributed by atoms with E-state index in [4.69, 9.17) is 9.47 Å². The fourth-order valence-electron chi connectivity index (χ4n) is 1.89. The number of hydrogen-bond acceptors (Lipinski definition) is 4. The first-order valence-corrected chi connectivity index (χ1v) is 7.79. The largest absolute Gasteiger partial charge is 0.457 e. The minimum atomic E-state index is -0.511. The Kier molecular flexibility index (Phi) is 6.37. The summed E-state index contributed by atoms with van der Waals surface area (Å²) < 4.78 is 10.3. The van der Waals surface area contributed by atoms with Crippen molar-refractivity contribution >= 4 is 17.7 Å². The lowest BCUT2D eigenvalue weighted by Gasteiger charge is -2.09. The average molecular weight is 327 g/mol. The number of hydrogen-bond donors (Lipinski definition) is 1. The molecule has 2 aromatic rings. The van der Waals surface area contributed by atoms with Crippen LogP contribution >= 0.6 is 0 Å². The van der Waals surface area contributed by atoms with Crippen LogP contribution in [-0.4, -0.2) is 18.7 Å². The number of esters is 1. The van der Waals surface area contributed by atoms with E-state index in [9.17, 15) is 9.59 Å². The van der Waals surface area contributed by atoms with E-state index in [0.29, 0.717) is 17.9 Å². The molecule has 0 bridgehead atoms. The highest BCUT2D eigenvalue weighted by atomic mass is 16.5. The first-order valence-electron chi connectivity index (χ1n) is 7.79. The van der Waals surface area contributed by atoms with Crippen LogP contribution in [-0.2, 0) is 16.1 Å². The van der Waals surface area contributed by atoms with Crippen LogP contribution in [0.1, 0.15) is 29.8 Å². The zero-order chi connectivity index (χ0) is 17.4. The van der Waals surface area contributed by atoms with Gasteiger partial charge < -0.3 is 9.47 Å². The molecule has 5 heteroatoms. The second kappa shape index (κ2) is 8.72. The summed E-state index contributed by atoms with van der Waals surface area (Å²) in [5, 5.41) is 2.61. The predicted molar refractivity (Wildman–Crippen MR) is 91.8 cm³/mol. The number of ether oxygens (including phenoxy) is 2. The Morgan fingerprint density at radius 3 is 2.25 bits per heavy atom. The number of carbonyl (C=O) groups excluding carboxylic acids is 2.